The molecule has 0 bridgehead atoms. The fourth-order valence-corrected chi connectivity index (χ4v) is 3.86. The number of aliphatic hydroxyl groups excluding tert-OH is 1. The summed E-state index contributed by atoms with van der Waals surface area (Å²) in [6.45, 7) is 11.3. The van der Waals surface area contributed by atoms with Crippen molar-refractivity contribution in [1.82, 2.24) is 0 Å². The highest BCUT2D eigenvalue weighted by Crippen LogP contribution is 2.50. The summed E-state index contributed by atoms with van der Waals surface area (Å²) < 4.78 is 17.0. The Kier molecular flexibility index (Phi) is 5.01. The van der Waals surface area contributed by atoms with Crippen molar-refractivity contribution in [2.24, 2.45) is 11.8 Å². The molecule has 0 aromatic carbocycles. The van der Waals surface area contributed by atoms with E-state index in [0.717, 1.165) is 18.4 Å². The molecule has 7 atom stereocenters. The predicted molar refractivity (Wildman–Crippen MR) is 94.1 cm³/mol. The Morgan fingerprint density at radius 2 is 2.23 bits per heavy atom. The molecule has 0 radical (unpaired) electrons. The van der Waals surface area contributed by atoms with E-state index in [1.807, 2.05) is 26.8 Å². The first-order valence-electron chi connectivity index (χ1n) is 9.32. The van der Waals surface area contributed by atoms with E-state index < -0.39 is 30.2 Å². The Balaban J connectivity index is 1.93. The monoisotopic (exact) mass is 364 g/mol. The number of fused-ring (bicyclic) bond motifs is 3. The number of aliphatic hydroxyl groups is 1. The lowest BCUT2D eigenvalue weighted by Gasteiger charge is -2.31. The number of rotatable bonds is 3. The third-order valence-electron chi connectivity index (χ3n) is 5.99. The van der Waals surface area contributed by atoms with Gasteiger partial charge in [0.05, 0.1) is 17.4 Å². The summed E-state index contributed by atoms with van der Waals surface area (Å²) >= 11 is 0. The molecule has 26 heavy (non-hydrogen) atoms. The molecule has 144 valence electrons. The molecular formula is C20H28O6. The average Bonchev–Trinajstić information content (AvgIpc) is 3.18. The lowest BCUT2D eigenvalue weighted by Crippen LogP contribution is -2.44. The summed E-state index contributed by atoms with van der Waals surface area (Å²) in [5.74, 6) is -1.81. The predicted octanol–water partition coefficient (Wildman–Crippen LogP) is 2.30. The van der Waals surface area contributed by atoms with Crippen LogP contribution in [-0.2, 0) is 23.8 Å². The van der Waals surface area contributed by atoms with Gasteiger partial charge in [-0.1, -0.05) is 26.5 Å². The van der Waals surface area contributed by atoms with Crippen LogP contribution in [-0.4, -0.2) is 47.1 Å². The van der Waals surface area contributed by atoms with Crippen LogP contribution in [0.15, 0.2) is 23.8 Å². The number of hydrogen-bond acceptors (Lipinski definition) is 6. The second-order valence-electron chi connectivity index (χ2n) is 7.92. The fraction of sp³-hybridized carbons (Fsp3) is 0.700. The Bertz CT molecular complexity index is 653. The van der Waals surface area contributed by atoms with E-state index in [4.69, 9.17) is 14.2 Å². The molecule has 2 heterocycles. The number of ether oxygens (including phenoxy) is 3. The first-order valence-corrected chi connectivity index (χ1v) is 9.32. The van der Waals surface area contributed by atoms with Crippen molar-refractivity contribution in [2.45, 2.75) is 77.0 Å². The van der Waals surface area contributed by atoms with Crippen molar-refractivity contribution < 1.29 is 28.9 Å². The van der Waals surface area contributed by atoms with Gasteiger partial charge in [-0.3, -0.25) is 4.79 Å². The Hall–Kier alpha value is -1.66. The molecule has 2 fully saturated rings. The number of allylic oxidation sites excluding steroid dienone is 1. The van der Waals surface area contributed by atoms with Crippen LogP contribution in [0.5, 0.6) is 0 Å². The zero-order chi connectivity index (χ0) is 19.2. The van der Waals surface area contributed by atoms with Crippen molar-refractivity contribution in [2.75, 3.05) is 0 Å². The minimum Gasteiger partial charge on any atom is -0.455 e. The summed E-state index contributed by atoms with van der Waals surface area (Å²) in [6.07, 6.45) is 1.29. The Morgan fingerprint density at radius 3 is 2.88 bits per heavy atom. The van der Waals surface area contributed by atoms with Gasteiger partial charge < -0.3 is 19.3 Å². The molecule has 6 heteroatoms. The van der Waals surface area contributed by atoms with Gasteiger partial charge in [0.15, 0.2) is 0 Å². The van der Waals surface area contributed by atoms with E-state index in [1.54, 1.807) is 6.92 Å². The number of esters is 2. The van der Waals surface area contributed by atoms with E-state index in [9.17, 15) is 14.7 Å². The molecule has 3 rings (SSSR count). The van der Waals surface area contributed by atoms with E-state index in [2.05, 4.69) is 6.58 Å². The van der Waals surface area contributed by atoms with Gasteiger partial charge in [0.25, 0.3) is 0 Å². The zero-order valence-corrected chi connectivity index (χ0v) is 15.9. The largest absolute Gasteiger partial charge is 0.455 e. The zero-order valence-electron chi connectivity index (χ0n) is 15.9. The Morgan fingerprint density at radius 1 is 1.54 bits per heavy atom. The molecule has 0 spiro atoms. The Labute approximate surface area is 154 Å². The quantitative estimate of drug-likeness (QED) is 0.358. The lowest BCUT2D eigenvalue weighted by atomic mass is 9.81. The number of epoxide rings is 1. The summed E-state index contributed by atoms with van der Waals surface area (Å²) in [6, 6.07) is 0. The smallest absolute Gasteiger partial charge is 0.334 e. The second-order valence-corrected chi connectivity index (χ2v) is 7.92. The van der Waals surface area contributed by atoms with Crippen LogP contribution in [0.3, 0.4) is 0 Å². The highest BCUT2D eigenvalue weighted by atomic mass is 16.6. The van der Waals surface area contributed by atoms with Gasteiger partial charge in [0.2, 0.25) is 0 Å². The summed E-state index contributed by atoms with van der Waals surface area (Å²) in [5, 5.41) is 11.1. The van der Waals surface area contributed by atoms with Crippen molar-refractivity contribution >= 4 is 11.9 Å². The molecule has 3 aliphatic rings. The molecule has 0 aromatic rings. The van der Waals surface area contributed by atoms with Gasteiger partial charge in [0, 0.05) is 5.57 Å². The molecule has 2 aliphatic heterocycles. The maximum atomic E-state index is 12.3. The topological polar surface area (TPSA) is 85.4 Å². The van der Waals surface area contributed by atoms with Crippen molar-refractivity contribution in [3.05, 3.63) is 23.8 Å². The van der Waals surface area contributed by atoms with E-state index in [1.165, 1.54) is 0 Å². The van der Waals surface area contributed by atoms with Crippen LogP contribution in [0.25, 0.3) is 0 Å². The van der Waals surface area contributed by atoms with E-state index in [0.29, 0.717) is 6.42 Å². The normalized spacial score (nSPS) is 40.7. The van der Waals surface area contributed by atoms with Gasteiger partial charge in [-0.05, 0) is 38.7 Å². The van der Waals surface area contributed by atoms with Gasteiger partial charge >= 0.3 is 11.9 Å². The molecule has 0 amide bonds. The third-order valence-corrected chi connectivity index (χ3v) is 5.99. The minimum absolute atomic E-state index is 0.207. The minimum atomic E-state index is -1.12. The van der Waals surface area contributed by atoms with Crippen LogP contribution in [0, 0.1) is 11.8 Å². The van der Waals surface area contributed by atoms with Crippen LogP contribution in [0.4, 0.5) is 0 Å². The highest BCUT2D eigenvalue weighted by Gasteiger charge is 2.63. The summed E-state index contributed by atoms with van der Waals surface area (Å²) in [4.78, 5) is 24.4. The van der Waals surface area contributed by atoms with Crippen molar-refractivity contribution in [3.8, 4) is 0 Å². The van der Waals surface area contributed by atoms with Crippen LogP contribution >= 0.6 is 0 Å². The maximum Gasteiger partial charge on any atom is 0.334 e. The van der Waals surface area contributed by atoms with Gasteiger partial charge in [-0.15, -0.1) is 0 Å². The van der Waals surface area contributed by atoms with Crippen LogP contribution < -0.4 is 0 Å². The van der Waals surface area contributed by atoms with Crippen LogP contribution in [0.1, 0.15) is 47.0 Å². The molecule has 1 aliphatic carbocycles. The van der Waals surface area contributed by atoms with Gasteiger partial charge in [-0.25, -0.2) is 4.79 Å². The third kappa shape index (κ3) is 3.21. The standard InChI is InChI=1S/C20H28O6/c1-6-10(2)18(22)24-15-11(3)8-7-9-20(5)17(26-20)16-13(14(15)21)12(4)19(23)25-16/h8,10,13-17,21H,4,6-7,9H2,1-3,5H3. The molecule has 7 unspecified atom stereocenters. The van der Waals surface area contributed by atoms with Crippen LogP contribution in [0.2, 0.25) is 0 Å². The average molecular weight is 364 g/mol. The van der Waals surface area contributed by atoms with E-state index >= 15 is 0 Å². The van der Waals surface area contributed by atoms with Gasteiger partial charge in [0.1, 0.15) is 24.4 Å². The molecule has 0 saturated carbocycles. The van der Waals surface area contributed by atoms with Gasteiger partial charge in [-0.2, -0.15) is 0 Å². The summed E-state index contributed by atoms with van der Waals surface area (Å²) in [5.41, 5.74) is 0.603. The maximum absolute atomic E-state index is 12.3. The van der Waals surface area contributed by atoms with Crippen molar-refractivity contribution in [1.29, 1.82) is 0 Å². The molecule has 1 N–H and O–H groups in total. The summed E-state index contributed by atoms with van der Waals surface area (Å²) in [7, 11) is 0. The fourth-order valence-electron chi connectivity index (χ4n) is 3.86. The lowest BCUT2D eigenvalue weighted by molar-refractivity contribution is -0.159. The first kappa shape index (κ1) is 19.1. The van der Waals surface area contributed by atoms with Crippen molar-refractivity contribution in [3.63, 3.8) is 0 Å². The highest BCUT2D eigenvalue weighted by molar-refractivity contribution is 5.91. The molecule has 6 nitrogen and oxygen atoms in total. The molecule has 0 aromatic heterocycles. The SMILES string of the molecule is C=C1C(=O)OC2C1C(O)C(OC(=O)C(C)CC)C(C)=CCCC1(C)OC21. The second kappa shape index (κ2) is 6.82. The molecule has 2 saturated heterocycles. The first-order chi connectivity index (χ1) is 12.2. The number of carbonyl (C=O) groups is 2. The molecular weight excluding hydrogens is 336 g/mol. The number of carbonyl (C=O) groups excluding carboxylic acids is 2. The number of hydrogen-bond donors (Lipinski definition) is 1. The van der Waals surface area contributed by atoms with E-state index in [-0.39, 0.29) is 29.2 Å².